The Morgan fingerprint density at radius 1 is 1.07 bits per heavy atom. The van der Waals surface area contributed by atoms with E-state index in [0.717, 1.165) is 27.6 Å². The van der Waals surface area contributed by atoms with Crippen LogP contribution in [0.4, 0.5) is 11.4 Å². The van der Waals surface area contributed by atoms with Gasteiger partial charge in [0.05, 0.1) is 24.2 Å². The molecule has 0 atom stereocenters. The normalized spacial score (nSPS) is 15.6. The summed E-state index contributed by atoms with van der Waals surface area (Å²) in [4.78, 5) is 20.0. The third kappa shape index (κ3) is 3.77. The SMILES string of the molecule is COc1ccc(N=C2SCC(=O)N2c2csc(-c3ccc(C)cc3)c2)cc1. The van der Waals surface area contributed by atoms with Crippen molar-refractivity contribution in [2.24, 2.45) is 4.99 Å². The number of carbonyl (C=O) groups excluding carboxylic acids is 1. The van der Waals surface area contributed by atoms with Crippen LogP contribution in [-0.4, -0.2) is 23.9 Å². The van der Waals surface area contributed by atoms with E-state index < -0.39 is 0 Å². The number of thiophene rings is 1. The molecule has 0 aliphatic carbocycles. The first kappa shape index (κ1) is 17.8. The molecular weight excluding hydrogens is 376 g/mol. The van der Waals surface area contributed by atoms with Crippen molar-refractivity contribution in [3.8, 4) is 16.2 Å². The molecule has 1 aliphatic rings. The number of carbonyl (C=O) groups is 1. The first-order valence-electron chi connectivity index (χ1n) is 8.48. The number of thioether (sulfide) groups is 1. The first-order chi connectivity index (χ1) is 13.1. The summed E-state index contributed by atoms with van der Waals surface area (Å²) in [5.41, 5.74) is 4.06. The van der Waals surface area contributed by atoms with Crippen molar-refractivity contribution in [3.05, 3.63) is 65.5 Å². The number of hydrogen-bond acceptors (Lipinski definition) is 5. The average molecular weight is 395 g/mol. The van der Waals surface area contributed by atoms with Crippen LogP contribution >= 0.6 is 23.1 Å². The molecule has 1 aliphatic heterocycles. The Bertz CT molecular complexity index is 992. The van der Waals surface area contributed by atoms with Gasteiger partial charge >= 0.3 is 0 Å². The van der Waals surface area contributed by atoms with Gasteiger partial charge in [0, 0.05) is 10.3 Å². The van der Waals surface area contributed by atoms with E-state index in [-0.39, 0.29) is 5.91 Å². The molecule has 3 aromatic rings. The molecule has 0 saturated carbocycles. The highest BCUT2D eigenvalue weighted by Crippen LogP contribution is 2.36. The number of amides is 1. The van der Waals surface area contributed by atoms with Crippen LogP contribution in [0.25, 0.3) is 10.4 Å². The lowest BCUT2D eigenvalue weighted by Gasteiger charge is -2.14. The molecule has 27 heavy (non-hydrogen) atoms. The van der Waals surface area contributed by atoms with Crippen molar-refractivity contribution in [1.29, 1.82) is 0 Å². The van der Waals surface area contributed by atoms with Crippen LogP contribution in [0.2, 0.25) is 0 Å². The van der Waals surface area contributed by atoms with Crippen molar-refractivity contribution >= 4 is 45.5 Å². The van der Waals surface area contributed by atoms with Gasteiger partial charge in [-0.05, 0) is 42.8 Å². The fraction of sp³-hybridized carbons (Fsp3) is 0.143. The second-order valence-corrected chi connectivity index (χ2v) is 8.00. The number of methoxy groups -OCH3 is 1. The van der Waals surface area contributed by atoms with E-state index in [1.165, 1.54) is 17.3 Å². The van der Waals surface area contributed by atoms with E-state index in [1.807, 2.05) is 29.6 Å². The lowest BCUT2D eigenvalue weighted by Crippen LogP contribution is -2.28. The molecule has 0 bridgehead atoms. The van der Waals surface area contributed by atoms with Gasteiger partial charge in [0.25, 0.3) is 0 Å². The summed E-state index contributed by atoms with van der Waals surface area (Å²) < 4.78 is 5.18. The summed E-state index contributed by atoms with van der Waals surface area (Å²) in [7, 11) is 1.64. The van der Waals surface area contributed by atoms with Gasteiger partial charge in [0.15, 0.2) is 5.17 Å². The van der Waals surface area contributed by atoms with Gasteiger partial charge in [-0.2, -0.15) is 0 Å². The van der Waals surface area contributed by atoms with E-state index in [1.54, 1.807) is 23.3 Å². The van der Waals surface area contributed by atoms with Crippen LogP contribution in [-0.2, 0) is 4.79 Å². The summed E-state index contributed by atoms with van der Waals surface area (Å²) >= 11 is 3.10. The van der Waals surface area contributed by atoms with Crippen molar-refractivity contribution in [3.63, 3.8) is 0 Å². The van der Waals surface area contributed by atoms with Crippen molar-refractivity contribution in [1.82, 2.24) is 0 Å². The molecule has 136 valence electrons. The zero-order chi connectivity index (χ0) is 18.8. The molecule has 4 rings (SSSR count). The Morgan fingerprint density at radius 3 is 2.52 bits per heavy atom. The number of aryl methyl sites for hydroxylation is 1. The quantitative estimate of drug-likeness (QED) is 0.587. The van der Waals surface area contributed by atoms with Crippen molar-refractivity contribution < 1.29 is 9.53 Å². The third-order valence-corrected chi connectivity index (χ3v) is 6.13. The third-order valence-electron chi connectivity index (χ3n) is 4.24. The van der Waals surface area contributed by atoms with E-state index in [4.69, 9.17) is 4.74 Å². The fourth-order valence-corrected chi connectivity index (χ4v) is 4.55. The number of anilines is 1. The minimum atomic E-state index is 0.0560. The van der Waals surface area contributed by atoms with Crippen LogP contribution in [0.1, 0.15) is 5.56 Å². The topological polar surface area (TPSA) is 41.9 Å². The monoisotopic (exact) mass is 394 g/mol. The molecule has 4 nitrogen and oxygen atoms in total. The minimum absolute atomic E-state index is 0.0560. The number of nitrogens with zero attached hydrogens (tertiary/aromatic N) is 2. The molecule has 1 aromatic heterocycles. The zero-order valence-electron chi connectivity index (χ0n) is 15.0. The van der Waals surface area contributed by atoms with Crippen LogP contribution in [0, 0.1) is 6.92 Å². The molecule has 1 amide bonds. The lowest BCUT2D eigenvalue weighted by molar-refractivity contribution is -0.115. The van der Waals surface area contributed by atoms with Gasteiger partial charge in [-0.15, -0.1) is 11.3 Å². The predicted octanol–water partition coefficient (Wildman–Crippen LogP) is 5.50. The van der Waals surface area contributed by atoms with Crippen LogP contribution < -0.4 is 9.64 Å². The first-order valence-corrected chi connectivity index (χ1v) is 10.3. The Morgan fingerprint density at radius 2 is 1.81 bits per heavy atom. The van der Waals surface area contributed by atoms with Gasteiger partial charge in [-0.25, -0.2) is 4.99 Å². The number of aliphatic imine (C=N–C) groups is 1. The average Bonchev–Trinajstić information content (AvgIpc) is 3.30. The zero-order valence-corrected chi connectivity index (χ0v) is 16.6. The second-order valence-electron chi connectivity index (χ2n) is 6.15. The maximum Gasteiger partial charge on any atom is 0.243 e. The Kier molecular flexibility index (Phi) is 5.01. The number of ether oxygens (including phenoxy) is 1. The number of amidine groups is 1. The molecule has 0 unspecified atom stereocenters. The Labute approximate surface area is 166 Å². The molecule has 2 heterocycles. The van der Waals surface area contributed by atoms with E-state index in [0.29, 0.717) is 10.9 Å². The van der Waals surface area contributed by atoms with Crippen molar-refractivity contribution in [2.75, 3.05) is 17.8 Å². The fourth-order valence-electron chi connectivity index (χ4n) is 2.78. The molecule has 1 fully saturated rings. The highest BCUT2D eigenvalue weighted by molar-refractivity contribution is 8.15. The summed E-state index contributed by atoms with van der Waals surface area (Å²) in [6.45, 7) is 2.08. The number of benzene rings is 2. The van der Waals surface area contributed by atoms with Gasteiger partial charge in [0.2, 0.25) is 5.91 Å². The second kappa shape index (κ2) is 7.58. The van der Waals surface area contributed by atoms with Crippen LogP contribution in [0.5, 0.6) is 5.75 Å². The maximum atomic E-state index is 12.5. The number of rotatable bonds is 4. The molecule has 6 heteroatoms. The van der Waals surface area contributed by atoms with Gasteiger partial charge in [-0.1, -0.05) is 41.6 Å². The van der Waals surface area contributed by atoms with Gasteiger partial charge in [-0.3, -0.25) is 9.69 Å². The van der Waals surface area contributed by atoms with E-state index in [2.05, 4.69) is 42.2 Å². The molecule has 1 saturated heterocycles. The minimum Gasteiger partial charge on any atom is -0.497 e. The molecule has 0 radical (unpaired) electrons. The predicted molar refractivity (Wildman–Crippen MR) is 115 cm³/mol. The summed E-state index contributed by atoms with van der Waals surface area (Å²) in [6, 6.07) is 18.0. The summed E-state index contributed by atoms with van der Waals surface area (Å²) in [5.74, 6) is 1.25. The van der Waals surface area contributed by atoms with Crippen LogP contribution in [0.15, 0.2) is 65.0 Å². The molecule has 0 spiro atoms. The lowest BCUT2D eigenvalue weighted by atomic mass is 10.1. The largest absolute Gasteiger partial charge is 0.497 e. The highest BCUT2D eigenvalue weighted by atomic mass is 32.2. The Hall–Kier alpha value is -2.57. The van der Waals surface area contributed by atoms with E-state index in [9.17, 15) is 4.79 Å². The highest BCUT2D eigenvalue weighted by Gasteiger charge is 2.30. The summed E-state index contributed by atoms with van der Waals surface area (Å²) in [6.07, 6.45) is 0. The molecule has 2 aromatic carbocycles. The van der Waals surface area contributed by atoms with Gasteiger partial charge < -0.3 is 4.74 Å². The van der Waals surface area contributed by atoms with Gasteiger partial charge in [0.1, 0.15) is 5.75 Å². The van der Waals surface area contributed by atoms with E-state index >= 15 is 0 Å². The maximum absolute atomic E-state index is 12.5. The molecular formula is C21H18N2O2S2. The smallest absolute Gasteiger partial charge is 0.243 e. The molecule has 0 N–H and O–H groups in total. The van der Waals surface area contributed by atoms with Crippen molar-refractivity contribution in [2.45, 2.75) is 6.92 Å². The summed E-state index contributed by atoms with van der Waals surface area (Å²) in [5, 5.41) is 2.72. The standard InChI is InChI=1S/C21H18N2O2S2/c1-14-3-5-15(6-4-14)19-11-17(12-26-19)23-20(24)13-27-21(23)22-16-7-9-18(25-2)10-8-16/h3-12H,13H2,1-2H3. The number of hydrogen-bond donors (Lipinski definition) is 0. The Balaban J connectivity index is 1.63. The van der Waals surface area contributed by atoms with Crippen LogP contribution in [0.3, 0.4) is 0 Å².